The van der Waals surface area contributed by atoms with Gasteiger partial charge in [-0.2, -0.15) is 0 Å². The highest BCUT2D eigenvalue weighted by molar-refractivity contribution is 5.52. The van der Waals surface area contributed by atoms with Gasteiger partial charge < -0.3 is 11.2 Å². The van der Waals surface area contributed by atoms with Crippen LogP contribution in [0.3, 0.4) is 0 Å². The van der Waals surface area contributed by atoms with Crippen molar-refractivity contribution in [1.29, 1.82) is 0 Å². The van der Waals surface area contributed by atoms with Crippen molar-refractivity contribution in [2.24, 2.45) is 0 Å². The molecule has 7 heteroatoms. The first kappa shape index (κ1) is 10.2. The van der Waals surface area contributed by atoms with Crippen molar-refractivity contribution in [2.45, 2.75) is 0 Å². The van der Waals surface area contributed by atoms with Crippen LogP contribution in [0.25, 0.3) is 0 Å². The third kappa shape index (κ3) is 2.56. The molecule has 3 N–H and O–H groups in total. The van der Waals surface area contributed by atoms with Crippen LogP contribution in [0, 0.1) is 10.1 Å². The summed E-state index contributed by atoms with van der Waals surface area (Å²) >= 11 is 0. The highest BCUT2D eigenvalue weighted by Crippen LogP contribution is 2.18. The second kappa shape index (κ2) is 3.88. The van der Waals surface area contributed by atoms with E-state index >= 15 is 0 Å². The van der Waals surface area contributed by atoms with Crippen LogP contribution in [-0.4, -0.2) is 29.0 Å². The lowest BCUT2D eigenvalue weighted by Gasteiger charge is -2.12. The summed E-state index contributed by atoms with van der Waals surface area (Å²) in [5.74, 6) is 0.463. The van der Waals surface area contributed by atoms with Gasteiger partial charge in [-0.3, -0.25) is 10.1 Å². The summed E-state index contributed by atoms with van der Waals surface area (Å²) in [7, 11) is 3.49. The maximum Gasteiger partial charge on any atom is 0.276 e. The molecular formula is C7H11N5O2. The Morgan fingerprint density at radius 3 is 2.71 bits per heavy atom. The van der Waals surface area contributed by atoms with E-state index in [9.17, 15) is 10.1 Å². The molecule has 0 spiro atoms. The zero-order valence-electron chi connectivity index (χ0n) is 7.89. The molecule has 0 unspecified atom stereocenters. The summed E-state index contributed by atoms with van der Waals surface area (Å²) in [6.45, 7) is 0. The Kier molecular flexibility index (Phi) is 2.82. The molecule has 0 aliphatic rings. The summed E-state index contributed by atoms with van der Waals surface area (Å²) in [5, 5.41) is 12.1. The van der Waals surface area contributed by atoms with Gasteiger partial charge >= 0.3 is 0 Å². The van der Waals surface area contributed by atoms with Gasteiger partial charge in [0.2, 0.25) is 0 Å². The van der Waals surface area contributed by atoms with Crippen molar-refractivity contribution < 1.29 is 4.92 Å². The van der Waals surface area contributed by atoms with Crippen LogP contribution in [0.1, 0.15) is 0 Å². The molecule has 7 nitrogen and oxygen atoms in total. The Morgan fingerprint density at radius 2 is 2.21 bits per heavy atom. The molecule has 1 rings (SSSR count). The Hall–Kier alpha value is -1.89. The van der Waals surface area contributed by atoms with Crippen LogP contribution >= 0.6 is 0 Å². The van der Waals surface area contributed by atoms with E-state index in [-0.39, 0.29) is 11.5 Å². The van der Waals surface area contributed by atoms with Crippen LogP contribution in [0.2, 0.25) is 0 Å². The van der Waals surface area contributed by atoms with Crippen molar-refractivity contribution in [3.8, 4) is 0 Å². The van der Waals surface area contributed by atoms with E-state index in [0.717, 1.165) is 0 Å². The van der Waals surface area contributed by atoms with Gasteiger partial charge in [-0.1, -0.05) is 0 Å². The van der Waals surface area contributed by atoms with Gasteiger partial charge in [-0.05, 0) is 0 Å². The third-order valence-electron chi connectivity index (χ3n) is 1.38. The summed E-state index contributed by atoms with van der Waals surface area (Å²) in [4.78, 5) is 13.8. The molecule has 0 saturated heterocycles. The van der Waals surface area contributed by atoms with Crippen LogP contribution in [0.4, 0.5) is 17.3 Å². The number of anilines is 2. The number of nitrogens with one attached hydrogen (secondary N) is 1. The predicted octanol–water partition coefficient (Wildman–Crippen LogP) is 0.461. The molecule has 0 aromatic carbocycles. The monoisotopic (exact) mass is 197 g/mol. The first-order valence-corrected chi connectivity index (χ1v) is 3.85. The molecule has 0 atom stereocenters. The van der Waals surface area contributed by atoms with E-state index in [0.29, 0.717) is 5.82 Å². The predicted molar refractivity (Wildman–Crippen MR) is 52.6 cm³/mol. The first-order valence-electron chi connectivity index (χ1n) is 3.85. The SMILES string of the molecule is CN(C)Nc1cc([N+](=O)[O-])cc(N)n1. The third-order valence-corrected chi connectivity index (χ3v) is 1.38. The summed E-state index contributed by atoms with van der Waals surface area (Å²) in [5.41, 5.74) is 8.10. The summed E-state index contributed by atoms with van der Waals surface area (Å²) < 4.78 is 0. The number of rotatable bonds is 3. The molecule has 0 amide bonds. The summed E-state index contributed by atoms with van der Waals surface area (Å²) in [6.07, 6.45) is 0. The minimum absolute atomic E-state index is 0.0816. The standard InChI is InChI=1S/C7H11N5O2/c1-11(2)10-7-4-5(12(13)14)3-6(8)9-7/h3-4H,1-2H3,(H3,8,9,10). The Balaban J connectivity index is 3.01. The molecule has 0 saturated carbocycles. The van der Waals surface area contributed by atoms with Gasteiger partial charge in [0.25, 0.3) is 5.69 Å². The number of nitrogens with zero attached hydrogens (tertiary/aromatic N) is 3. The molecule has 14 heavy (non-hydrogen) atoms. The lowest BCUT2D eigenvalue weighted by atomic mass is 10.4. The molecule has 0 aliphatic carbocycles. The minimum Gasteiger partial charge on any atom is -0.383 e. The smallest absolute Gasteiger partial charge is 0.276 e. The van der Waals surface area contributed by atoms with Crippen molar-refractivity contribution in [2.75, 3.05) is 25.3 Å². The van der Waals surface area contributed by atoms with Gasteiger partial charge in [0.1, 0.15) is 11.6 Å². The average molecular weight is 197 g/mol. The van der Waals surface area contributed by atoms with Crippen LogP contribution in [0.15, 0.2) is 12.1 Å². The van der Waals surface area contributed by atoms with Crippen molar-refractivity contribution >= 4 is 17.3 Å². The molecular weight excluding hydrogens is 186 g/mol. The van der Waals surface area contributed by atoms with Crippen LogP contribution in [0.5, 0.6) is 0 Å². The van der Waals surface area contributed by atoms with Crippen LogP contribution in [-0.2, 0) is 0 Å². The lowest BCUT2D eigenvalue weighted by molar-refractivity contribution is -0.384. The fraction of sp³-hybridized carbons (Fsp3) is 0.286. The number of pyridine rings is 1. The second-order valence-corrected chi connectivity index (χ2v) is 2.90. The number of nitrogen functional groups attached to an aromatic ring is 1. The number of nitrogens with two attached hydrogens (primary N) is 1. The maximum absolute atomic E-state index is 10.5. The molecule has 76 valence electrons. The lowest BCUT2D eigenvalue weighted by Crippen LogP contribution is -2.20. The zero-order chi connectivity index (χ0) is 10.7. The van der Waals surface area contributed by atoms with E-state index < -0.39 is 4.92 Å². The molecule has 0 aliphatic heterocycles. The number of hydrazine groups is 1. The molecule has 0 fully saturated rings. The van der Waals surface area contributed by atoms with Crippen LogP contribution < -0.4 is 11.2 Å². The van der Waals surface area contributed by atoms with Gasteiger partial charge in [0.15, 0.2) is 0 Å². The summed E-state index contributed by atoms with van der Waals surface area (Å²) in [6, 6.07) is 2.52. The number of aromatic nitrogens is 1. The van der Waals surface area contributed by atoms with E-state index in [4.69, 9.17) is 5.73 Å². The van der Waals surface area contributed by atoms with E-state index in [1.54, 1.807) is 19.1 Å². The number of hydrogen-bond acceptors (Lipinski definition) is 6. The van der Waals surface area contributed by atoms with Crippen molar-refractivity contribution in [1.82, 2.24) is 9.99 Å². The molecule has 0 radical (unpaired) electrons. The van der Waals surface area contributed by atoms with Gasteiger partial charge in [-0.25, -0.2) is 9.99 Å². The Bertz CT molecular complexity index is 352. The minimum atomic E-state index is -0.515. The van der Waals surface area contributed by atoms with Gasteiger partial charge in [0.05, 0.1) is 17.1 Å². The zero-order valence-corrected chi connectivity index (χ0v) is 7.89. The first-order chi connectivity index (χ1) is 6.49. The second-order valence-electron chi connectivity index (χ2n) is 2.90. The molecule has 1 aromatic rings. The number of nitro groups is 1. The Morgan fingerprint density at radius 1 is 1.57 bits per heavy atom. The quantitative estimate of drug-likeness (QED) is 0.539. The highest BCUT2D eigenvalue weighted by atomic mass is 16.6. The van der Waals surface area contributed by atoms with Crippen molar-refractivity contribution in [3.63, 3.8) is 0 Å². The molecule has 1 aromatic heterocycles. The molecule has 0 bridgehead atoms. The topological polar surface area (TPSA) is 97.3 Å². The van der Waals surface area contributed by atoms with Crippen molar-refractivity contribution in [3.05, 3.63) is 22.2 Å². The fourth-order valence-electron chi connectivity index (χ4n) is 0.929. The largest absolute Gasteiger partial charge is 0.383 e. The fourth-order valence-corrected chi connectivity index (χ4v) is 0.929. The normalized spacial score (nSPS) is 10.2. The average Bonchev–Trinajstić information content (AvgIpc) is 2.01. The number of hydrogen-bond donors (Lipinski definition) is 2. The van der Waals surface area contributed by atoms with E-state index in [2.05, 4.69) is 10.4 Å². The Labute approximate surface area is 80.7 Å². The van der Waals surface area contributed by atoms with Gasteiger partial charge in [0, 0.05) is 14.1 Å². The van der Waals surface area contributed by atoms with E-state index in [1.807, 2.05) is 0 Å². The van der Waals surface area contributed by atoms with E-state index in [1.165, 1.54) is 12.1 Å². The maximum atomic E-state index is 10.5. The highest BCUT2D eigenvalue weighted by Gasteiger charge is 2.09. The van der Waals surface area contributed by atoms with Gasteiger partial charge in [-0.15, -0.1) is 0 Å². The molecule has 1 heterocycles.